The lowest BCUT2D eigenvalue weighted by Gasteiger charge is -2.22. The smallest absolute Gasteiger partial charge is 0.291 e. The van der Waals surface area contributed by atoms with Crippen molar-refractivity contribution >= 4 is 39.8 Å². The minimum atomic E-state index is -0.516. The fourth-order valence-electron chi connectivity index (χ4n) is 3.47. The van der Waals surface area contributed by atoms with Crippen LogP contribution in [-0.4, -0.2) is 10.8 Å². The largest absolute Gasteiger partial charge is 0.467 e. The monoisotopic (exact) mass is 397 g/mol. The van der Waals surface area contributed by atoms with Crippen molar-refractivity contribution in [2.75, 3.05) is 0 Å². The SMILES string of the molecule is O=C1c2oc3ccc(Cl)cc3c(=O)c2C(c2cccs2)N1Cc1ccco1. The van der Waals surface area contributed by atoms with Gasteiger partial charge in [0.2, 0.25) is 5.76 Å². The summed E-state index contributed by atoms with van der Waals surface area (Å²) in [5.74, 6) is 0.395. The summed E-state index contributed by atoms with van der Waals surface area (Å²) >= 11 is 7.55. The highest BCUT2D eigenvalue weighted by atomic mass is 35.5. The molecule has 5 rings (SSSR count). The van der Waals surface area contributed by atoms with E-state index >= 15 is 0 Å². The van der Waals surface area contributed by atoms with Crippen molar-refractivity contribution in [1.29, 1.82) is 0 Å². The van der Waals surface area contributed by atoms with E-state index in [2.05, 4.69) is 0 Å². The molecule has 1 aromatic carbocycles. The van der Waals surface area contributed by atoms with Gasteiger partial charge in [-0.15, -0.1) is 11.3 Å². The summed E-state index contributed by atoms with van der Waals surface area (Å²) in [5.41, 5.74) is 0.465. The van der Waals surface area contributed by atoms with Gasteiger partial charge in [-0.05, 0) is 41.8 Å². The molecule has 134 valence electrons. The Bertz CT molecular complexity index is 1210. The van der Waals surface area contributed by atoms with E-state index in [0.717, 1.165) is 4.88 Å². The zero-order chi connectivity index (χ0) is 18.5. The van der Waals surface area contributed by atoms with Crippen molar-refractivity contribution in [3.05, 3.63) is 91.3 Å². The van der Waals surface area contributed by atoms with Gasteiger partial charge in [-0.2, -0.15) is 0 Å². The maximum Gasteiger partial charge on any atom is 0.291 e. The van der Waals surface area contributed by atoms with E-state index in [-0.39, 0.29) is 23.6 Å². The molecule has 4 heterocycles. The molecule has 3 aromatic heterocycles. The number of hydrogen-bond donors (Lipinski definition) is 0. The maximum absolute atomic E-state index is 13.3. The van der Waals surface area contributed by atoms with E-state index in [1.807, 2.05) is 17.5 Å². The molecule has 0 bridgehead atoms. The first-order valence-electron chi connectivity index (χ1n) is 8.26. The number of fused-ring (bicyclic) bond motifs is 2. The molecular formula is C20H12ClNO4S. The topological polar surface area (TPSA) is 63.7 Å². The zero-order valence-corrected chi connectivity index (χ0v) is 15.4. The summed E-state index contributed by atoms with van der Waals surface area (Å²) in [7, 11) is 0. The van der Waals surface area contributed by atoms with Crippen LogP contribution in [0.5, 0.6) is 0 Å². The predicted octanol–water partition coefficient (Wildman–Crippen LogP) is 4.85. The van der Waals surface area contributed by atoms with Crippen molar-refractivity contribution in [3.63, 3.8) is 0 Å². The first-order valence-corrected chi connectivity index (χ1v) is 9.52. The van der Waals surface area contributed by atoms with Gasteiger partial charge in [0.05, 0.1) is 23.8 Å². The van der Waals surface area contributed by atoms with E-state index in [0.29, 0.717) is 27.3 Å². The zero-order valence-electron chi connectivity index (χ0n) is 13.8. The van der Waals surface area contributed by atoms with E-state index < -0.39 is 6.04 Å². The van der Waals surface area contributed by atoms with E-state index in [4.69, 9.17) is 20.4 Å². The van der Waals surface area contributed by atoms with Crippen LogP contribution in [0, 0.1) is 0 Å². The van der Waals surface area contributed by atoms with Gasteiger partial charge in [-0.1, -0.05) is 17.7 Å². The molecule has 0 N–H and O–H groups in total. The number of nitrogens with zero attached hydrogens (tertiary/aromatic N) is 1. The van der Waals surface area contributed by atoms with Gasteiger partial charge < -0.3 is 13.7 Å². The Kier molecular flexibility index (Phi) is 3.70. The molecule has 1 unspecified atom stereocenters. The molecule has 1 amide bonds. The van der Waals surface area contributed by atoms with Crippen molar-refractivity contribution in [2.45, 2.75) is 12.6 Å². The predicted molar refractivity (Wildman–Crippen MR) is 102 cm³/mol. The Morgan fingerprint density at radius 1 is 1.15 bits per heavy atom. The fourth-order valence-corrected chi connectivity index (χ4v) is 4.49. The van der Waals surface area contributed by atoms with Crippen LogP contribution in [0.25, 0.3) is 11.0 Å². The summed E-state index contributed by atoms with van der Waals surface area (Å²) in [6.07, 6.45) is 1.56. The summed E-state index contributed by atoms with van der Waals surface area (Å²) in [5, 5.41) is 2.73. The molecule has 5 nitrogen and oxygen atoms in total. The quantitative estimate of drug-likeness (QED) is 0.496. The Morgan fingerprint density at radius 3 is 2.78 bits per heavy atom. The standard InChI is InChI=1S/C20H12ClNO4S/c21-11-5-6-14-13(9-11)18(23)16-17(15-4-2-8-27-15)22(20(24)19(16)26-14)10-12-3-1-7-25-12/h1-9,17H,10H2. The van der Waals surface area contributed by atoms with Crippen molar-refractivity contribution in [2.24, 2.45) is 0 Å². The number of amides is 1. The Balaban J connectivity index is 1.75. The molecule has 1 aliphatic rings. The van der Waals surface area contributed by atoms with Crippen LogP contribution < -0.4 is 5.43 Å². The fraction of sp³-hybridized carbons (Fsp3) is 0.100. The summed E-state index contributed by atoms with van der Waals surface area (Å²) in [6, 6.07) is 11.7. The molecule has 0 fully saturated rings. The van der Waals surface area contributed by atoms with Gasteiger partial charge in [-0.25, -0.2) is 0 Å². The first kappa shape index (κ1) is 16.4. The molecule has 4 aromatic rings. The highest BCUT2D eigenvalue weighted by Crippen LogP contribution is 2.40. The highest BCUT2D eigenvalue weighted by molar-refractivity contribution is 7.10. The van der Waals surface area contributed by atoms with Crippen LogP contribution in [0.15, 0.2) is 67.7 Å². The van der Waals surface area contributed by atoms with Gasteiger partial charge in [0.1, 0.15) is 17.4 Å². The van der Waals surface area contributed by atoms with Crippen LogP contribution in [-0.2, 0) is 6.54 Å². The van der Waals surface area contributed by atoms with Crippen molar-refractivity contribution < 1.29 is 13.6 Å². The maximum atomic E-state index is 13.3. The van der Waals surface area contributed by atoms with Gasteiger partial charge in [0.15, 0.2) is 5.43 Å². The van der Waals surface area contributed by atoms with Gasteiger partial charge in [0, 0.05) is 9.90 Å². The summed E-state index contributed by atoms with van der Waals surface area (Å²) < 4.78 is 11.3. The minimum Gasteiger partial charge on any atom is -0.467 e. The minimum absolute atomic E-state index is 0.0831. The second-order valence-corrected chi connectivity index (χ2v) is 7.66. The van der Waals surface area contributed by atoms with E-state index in [1.54, 1.807) is 41.5 Å². The second kappa shape index (κ2) is 6.11. The Morgan fingerprint density at radius 2 is 2.04 bits per heavy atom. The van der Waals surface area contributed by atoms with Crippen molar-refractivity contribution in [3.8, 4) is 0 Å². The number of carbonyl (C=O) groups excluding carboxylic acids is 1. The van der Waals surface area contributed by atoms with Crippen LogP contribution in [0.2, 0.25) is 5.02 Å². The summed E-state index contributed by atoms with van der Waals surface area (Å²) in [6.45, 7) is 0.245. The molecule has 0 spiro atoms. The van der Waals surface area contributed by atoms with E-state index in [9.17, 15) is 9.59 Å². The molecule has 0 aliphatic carbocycles. The Hall–Kier alpha value is -2.83. The molecule has 1 aliphatic heterocycles. The van der Waals surface area contributed by atoms with Crippen LogP contribution in [0.3, 0.4) is 0 Å². The third-order valence-corrected chi connectivity index (χ3v) is 5.81. The molecule has 0 saturated heterocycles. The average Bonchev–Trinajstić information content (AvgIpc) is 3.40. The van der Waals surface area contributed by atoms with Gasteiger partial charge in [-0.3, -0.25) is 9.59 Å². The normalized spacial score (nSPS) is 16.3. The third kappa shape index (κ3) is 2.52. The first-order chi connectivity index (χ1) is 13.1. The van der Waals surface area contributed by atoms with E-state index in [1.165, 1.54) is 11.3 Å². The molecule has 0 saturated carbocycles. The number of rotatable bonds is 3. The number of hydrogen-bond acceptors (Lipinski definition) is 5. The summed E-state index contributed by atoms with van der Waals surface area (Å²) in [4.78, 5) is 28.9. The molecule has 27 heavy (non-hydrogen) atoms. The number of thiophene rings is 1. The van der Waals surface area contributed by atoms with Crippen LogP contribution >= 0.6 is 22.9 Å². The molecule has 1 atom stereocenters. The third-order valence-electron chi connectivity index (χ3n) is 4.65. The van der Waals surface area contributed by atoms with Gasteiger partial charge >= 0.3 is 0 Å². The number of benzene rings is 1. The molecule has 7 heteroatoms. The van der Waals surface area contributed by atoms with Gasteiger partial charge in [0.25, 0.3) is 5.91 Å². The number of halogens is 1. The average molecular weight is 398 g/mol. The second-order valence-electron chi connectivity index (χ2n) is 6.24. The lowest BCUT2D eigenvalue weighted by Crippen LogP contribution is -2.28. The lowest BCUT2D eigenvalue weighted by molar-refractivity contribution is 0.0703. The van der Waals surface area contributed by atoms with Crippen molar-refractivity contribution in [1.82, 2.24) is 4.90 Å². The molecule has 0 radical (unpaired) electrons. The number of furan rings is 1. The Labute approximate surface area is 162 Å². The highest BCUT2D eigenvalue weighted by Gasteiger charge is 2.43. The number of carbonyl (C=O) groups is 1. The van der Waals surface area contributed by atoms with Crippen LogP contribution in [0.4, 0.5) is 0 Å². The van der Waals surface area contributed by atoms with Crippen LogP contribution in [0.1, 0.15) is 32.8 Å². The molecular weight excluding hydrogens is 386 g/mol. The lowest BCUT2D eigenvalue weighted by atomic mass is 10.0.